The lowest BCUT2D eigenvalue weighted by Gasteiger charge is -2.09. The number of hydrogen-bond donors (Lipinski definition) is 1. The van der Waals surface area contributed by atoms with Gasteiger partial charge in [-0.05, 0) is 0 Å². The zero-order chi connectivity index (χ0) is 11.5. The summed E-state index contributed by atoms with van der Waals surface area (Å²) in [6.07, 6.45) is 1.21. The average Bonchev–Trinajstić information content (AvgIpc) is 2.16. The molecule has 0 aliphatic carbocycles. The second-order valence-corrected chi connectivity index (χ2v) is 4.29. The lowest BCUT2D eigenvalue weighted by Crippen LogP contribution is -2.16. The van der Waals surface area contributed by atoms with Gasteiger partial charge in [-0.3, -0.25) is 0 Å². The molecule has 0 aliphatic rings. The van der Waals surface area contributed by atoms with E-state index < -0.39 is 15.8 Å². The molecule has 0 amide bonds. The van der Waals surface area contributed by atoms with Gasteiger partial charge in [-0.25, -0.2) is 23.5 Å². The van der Waals surface area contributed by atoms with Crippen molar-refractivity contribution >= 4 is 10.0 Å². The van der Waals surface area contributed by atoms with Gasteiger partial charge in [0.1, 0.15) is 6.33 Å². The van der Waals surface area contributed by atoms with Crippen LogP contribution in [0.25, 0.3) is 0 Å². The van der Waals surface area contributed by atoms with Gasteiger partial charge < -0.3 is 9.47 Å². The van der Waals surface area contributed by atoms with Crippen molar-refractivity contribution < 1.29 is 17.9 Å². The van der Waals surface area contributed by atoms with E-state index in [4.69, 9.17) is 14.6 Å². The van der Waals surface area contributed by atoms with Crippen LogP contribution in [0.2, 0.25) is 0 Å². The SMILES string of the molecule is COc1ncnc(OC)c1CS(N)(=O)=O. The van der Waals surface area contributed by atoms with Crippen molar-refractivity contribution in [2.45, 2.75) is 5.75 Å². The molecule has 2 N–H and O–H groups in total. The third-order valence-electron chi connectivity index (χ3n) is 1.60. The predicted molar refractivity (Wildman–Crippen MR) is 51.9 cm³/mol. The molecule has 0 saturated carbocycles. The van der Waals surface area contributed by atoms with E-state index in [0.29, 0.717) is 0 Å². The highest BCUT2D eigenvalue weighted by molar-refractivity contribution is 7.88. The first-order valence-electron chi connectivity index (χ1n) is 3.90. The molecular formula is C7H11N3O4S. The Labute approximate surface area is 87.3 Å². The first-order chi connectivity index (χ1) is 6.98. The minimum atomic E-state index is -3.68. The maximum atomic E-state index is 10.9. The van der Waals surface area contributed by atoms with Gasteiger partial charge in [-0.2, -0.15) is 0 Å². The highest BCUT2D eigenvalue weighted by atomic mass is 32.2. The van der Waals surface area contributed by atoms with Crippen LogP contribution in [0.1, 0.15) is 5.56 Å². The monoisotopic (exact) mass is 233 g/mol. The van der Waals surface area contributed by atoms with Crippen LogP contribution in [0.5, 0.6) is 11.8 Å². The number of rotatable bonds is 4. The summed E-state index contributed by atoms with van der Waals surface area (Å²) in [5.74, 6) is -0.160. The first-order valence-corrected chi connectivity index (χ1v) is 5.62. The summed E-state index contributed by atoms with van der Waals surface area (Å²) in [4.78, 5) is 7.51. The van der Waals surface area contributed by atoms with Gasteiger partial charge >= 0.3 is 0 Å². The Morgan fingerprint density at radius 2 is 1.73 bits per heavy atom. The van der Waals surface area contributed by atoms with E-state index in [9.17, 15) is 8.42 Å². The summed E-state index contributed by atoms with van der Waals surface area (Å²) >= 11 is 0. The number of nitrogens with two attached hydrogens (primary N) is 1. The van der Waals surface area contributed by atoms with Crippen LogP contribution in [-0.2, 0) is 15.8 Å². The maximum absolute atomic E-state index is 10.9. The molecule has 1 aromatic rings. The number of hydrogen-bond acceptors (Lipinski definition) is 6. The van der Waals surface area contributed by atoms with E-state index in [0.717, 1.165) is 0 Å². The van der Waals surface area contributed by atoms with E-state index in [2.05, 4.69) is 9.97 Å². The quantitative estimate of drug-likeness (QED) is 0.736. The van der Waals surface area contributed by atoms with Gasteiger partial charge in [0, 0.05) is 0 Å². The predicted octanol–water partition coefficient (Wildman–Crippen LogP) is -0.718. The zero-order valence-electron chi connectivity index (χ0n) is 8.30. The summed E-state index contributed by atoms with van der Waals surface area (Å²) in [6, 6.07) is 0. The van der Waals surface area contributed by atoms with E-state index in [1.807, 2.05) is 0 Å². The van der Waals surface area contributed by atoms with Crippen molar-refractivity contribution in [3.05, 3.63) is 11.9 Å². The van der Waals surface area contributed by atoms with Crippen molar-refractivity contribution in [1.82, 2.24) is 9.97 Å². The van der Waals surface area contributed by atoms with Crippen molar-refractivity contribution in [3.63, 3.8) is 0 Å². The molecule has 84 valence electrons. The molecule has 1 aromatic heterocycles. The first kappa shape index (κ1) is 11.7. The topological polar surface area (TPSA) is 104 Å². The Balaban J connectivity index is 3.22. The number of nitrogens with zero attached hydrogens (tertiary/aromatic N) is 2. The molecule has 0 fully saturated rings. The van der Waals surface area contributed by atoms with Gasteiger partial charge in [0.05, 0.1) is 25.5 Å². The molecule has 15 heavy (non-hydrogen) atoms. The molecule has 0 bridgehead atoms. The fourth-order valence-electron chi connectivity index (χ4n) is 1.06. The molecule has 1 heterocycles. The fraction of sp³-hybridized carbons (Fsp3) is 0.429. The molecular weight excluding hydrogens is 222 g/mol. The highest BCUT2D eigenvalue weighted by Gasteiger charge is 2.17. The Bertz CT molecular complexity index is 423. The molecule has 8 heteroatoms. The van der Waals surface area contributed by atoms with Crippen molar-refractivity contribution in [3.8, 4) is 11.8 Å². The van der Waals surface area contributed by atoms with Crippen LogP contribution >= 0.6 is 0 Å². The van der Waals surface area contributed by atoms with Crippen LogP contribution < -0.4 is 14.6 Å². The van der Waals surface area contributed by atoms with Crippen LogP contribution in [-0.4, -0.2) is 32.6 Å². The second-order valence-electron chi connectivity index (χ2n) is 2.68. The van der Waals surface area contributed by atoms with Crippen molar-refractivity contribution in [2.75, 3.05) is 14.2 Å². The van der Waals surface area contributed by atoms with E-state index in [-0.39, 0.29) is 17.3 Å². The molecule has 0 spiro atoms. The summed E-state index contributed by atoms with van der Waals surface area (Å²) in [5.41, 5.74) is 0.213. The lowest BCUT2D eigenvalue weighted by atomic mass is 10.3. The lowest BCUT2D eigenvalue weighted by molar-refractivity contribution is 0.364. The number of primary sulfonamides is 1. The van der Waals surface area contributed by atoms with Gasteiger partial charge in [0.25, 0.3) is 0 Å². The zero-order valence-corrected chi connectivity index (χ0v) is 9.11. The van der Waals surface area contributed by atoms with Crippen LogP contribution in [0.4, 0.5) is 0 Å². The van der Waals surface area contributed by atoms with Crippen LogP contribution in [0.3, 0.4) is 0 Å². The Hall–Kier alpha value is -1.41. The summed E-state index contributed by atoms with van der Waals surface area (Å²) in [7, 11) is -0.943. The largest absolute Gasteiger partial charge is 0.481 e. The Morgan fingerprint density at radius 1 is 1.27 bits per heavy atom. The van der Waals surface area contributed by atoms with Crippen molar-refractivity contribution in [2.24, 2.45) is 5.14 Å². The molecule has 0 saturated heterocycles. The van der Waals surface area contributed by atoms with Crippen LogP contribution in [0, 0.1) is 0 Å². The van der Waals surface area contributed by atoms with E-state index in [1.165, 1.54) is 20.5 Å². The van der Waals surface area contributed by atoms with Gasteiger partial charge in [-0.1, -0.05) is 0 Å². The molecule has 0 radical (unpaired) electrons. The molecule has 0 aromatic carbocycles. The third kappa shape index (κ3) is 3.03. The Morgan fingerprint density at radius 3 is 2.07 bits per heavy atom. The molecule has 7 nitrogen and oxygen atoms in total. The molecule has 0 unspecified atom stereocenters. The molecule has 0 atom stereocenters. The van der Waals surface area contributed by atoms with Gasteiger partial charge in [0.2, 0.25) is 21.8 Å². The van der Waals surface area contributed by atoms with Gasteiger partial charge in [-0.15, -0.1) is 0 Å². The summed E-state index contributed by atoms with van der Waals surface area (Å²) in [6.45, 7) is 0. The van der Waals surface area contributed by atoms with Crippen LogP contribution in [0.15, 0.2) is 6.33 Å². The number of aromatic nitrogens is 2. The molecule has 1 rings (SSSR count). The Kier molecular flexibility index (Phi) is 3.43. The summed E-state index contributed by atoms with van der Waals surface area (Å²) < 4.78 is 31.7. The fourth-order valence-corrected chi connectivity index (χ4v) is 1.71. The van der Waals surface area contributed by atoms with E-state index >= 15 is 0 Å². The minimum Gasteiger partial charge on any atom is -0.481 e. The standard InChI is InChI=1S/C7H11N3O4S/c1-13-6-5(3-15(8,11)12)7(14-2)10-4-9-6/h4H,3H2,1-2H3,(H2,8,11,12). The smallest absolute Gasteiger partial charge is 0.224 e. The summed E-state index contributed by atoms with van der Waals surface area (Å²) in [5, 5.41) is 4.92. The maximum Gasteiger partial charge on any atom is 0.224 e. The number of ether oxygens (including phenoxy) is 2. The normalized spacial score (nSPS) is 11.1. The van der Waals surface area contributed by atoms with Gasteiger partial charge in [0.15, 0.2) is 0 Å². The minimum absolute atomic E-state index is 0.135. The number of sulfonamides is 1. The van der Waals surface area contributed by atoms with E-state index in [1.54, 1.807) is 0 Å². The second kappa shape index (κ2) is 4.41. The molecule has 0 aliphatic heterocycles. The number of methoxy groups -OCH3 is 2. The third-order valence-corrected chi connectivity index (χ3v) is 2.29. The van der Waals surface area contributed by atoms with Crippen molar-refractivity contribution in [1.29, 1.82) is 0 Å². The highest BCUT2D eigenvalue weighted by Crippen LogP contribution is 2.24. The average molecular weight is 233 g/mol.